The van der Waals surface area contributed by atoms with Crippen molar-refractivity contribution in [2.24, 2.45) is 11.1 Å². The van der Waals surface area contributed by atoms with Crippen LogP contribution in [0.3, 0.4) is 0 Å². The molecule has 88 valence electrons. The van der Waals surface area contributed by atoms with Crippen LogP contribution in [0.25, 0.3) is 0 Å². The summed E-state index contributed by atoms with van der Waals surface area (Å²) in [7, 11) is 0. The summed E-state index contributed by atoms with van der Waals surface area (Å²) in [6, 6.07) is 0.168. The zero-order chi connectivity index (χ0) is 11.3. The van der Waals surface area contributed by atoms with Gasteiger partial charge in [-0.2, -0.15) is 0 Å². The Labute approximate surface area is 93.3 Å². The normalized spacial score (nSPS) is 31.1. The molecule has 1 fully saturated rings. The van der Waals surface area contributed by atoms with E-state index >= 15 is 0 Å². The molecule has 1 aliphatic rings. The van der Waals surface area contributed by atoms with Crippen LogP contribution in [0.4, 0.5) is 0 Å². The molecule has 0 spiro atoms. The van der Waals surface area contributed by atoms with E-state index in [2.05, 4.69) is 25.3 Å². The highest BCUT2D eigenvalue weighted by Crippen LogP contribution is 2.28. The Hall–Kier alpha value is -0.380. The van der Waals surface area contributed by atoms with Crippen LogP contribution >= 0.6 is 0 Å². The van der Waals surface area contributed by atoms with Crippen molar-refractivity contribution in [3.8, 4) is 0 Å². The van der Waals surface area contributed by atoms with Crippen LogP contribution in [0, 0.1) is 5.41 Å². The highest BCUT2D eigenvalue weighted by molar-refractivity contribution is 4.93. The van der Waals surface area contributed by atoms with E-state index in [1.807, 2.05) is 6.08 Å². The summed E-state index contributed by atoms with van der Waals surface area (Å²) in [6.45, 7) is 12.7. The van der Waals surface area contributed by atoms with Crippen LogP contribution in [0.2, 0.25) is 0 Å². The van der Waals surface area contributed by atoms with Gasteiger partial charge in [-0.3, -0.25) is 4.90 Å². The van der Waals surface area contributed by atoms with Gasteiger partial charge in [0, 0.05) is 24.5 Å². The van der Waals surface area contributed by atoms with Crippen molar-refractivity contribution >= 4 is 0 Å². The molecule has 0 amide bonds. The second kappa shape index (κ2) is 5.64. The minimum atomic E-state index is 0.109. The fraction of sp³-hybridized carbons (Fsp3) is 0.833. The zero-order valence-corrected chi connectivity index (χ0v) is 10.0. The van der Waals surface area contributed by atoms with Crippen molar-refractivity contribution in [2.45, 2.75) is 26.3 Å². The van der Waals surface area contributed by atoms with Crippen LogP contribution in [0.15, 0.2) is 12.7 Å². The summed E-state index contributed by atoms with van der Waals surface area (Å²) < 4.78 is 5.45. The number of ether oxygens (including phenoxy) is 1. The van der Waals surface area contributed by atoms with E-state index in [1.54, 1.807) is 0 Å². The molecule has 1 heterocycles. The van der Waals surface area contributed by atoms with E-state index in [1.165, 1.54) is 6.42 Å². The molecule has 0 aliphatic carbocycles. The van der Waals surface area contributed by atoms with Crippen molar-refractivity contribution in [1.29, 1.82) is 0 Å². The van der Waals surface area contributed by atoms with Crippen LogP contribution in [0.5, 0.6) is 0 Å². The lowest BCUT2D eigenvalue weighted by molar-refractivity contribution is 0.124. The molecule has 0 saturated carbocycles. The second-order valence-corrected chi connectivity index (χ2v) is 4.80. The number of hydrogen-bond donors (Lipinski definition) is 1. The smallest absolute Gasteiger partial charge is 0.0624 e. The summed E-state index contributed by atoms with van der Waals surface area (Å²) in [5.41, 5.74) is 6.19. The van der Waals surface area contributed by atoms with Gasteiger partial charge >= 0.3 is 0 Å². The Balaban J connectivity index is 2.51. The quantitative estimate of drug-likeness (QED) is 0.673. The molecule has 0 aromatic heterocycles. The Morgan fingerprint density at radius 1 is 1.67 bits per heavy atom. The Bertz CT molecular complexity index is 208. The lowest BCUT2D eigenvalue weighted by atomic mass is 9.85. The molecule has 15 heavy (non-hydrogen) atoms. The van der Waals surface area contributed by atoms with Gasteiger partial charge in [0.1, 0.15) is 0 Å². The van der Waals surface area contributed by atoms with Crippen molar-refractivity contribution in [2.75, 3.05) is 32.8 Å². The van der Waals surface area contributed by atoms with Gasteiger partial charge in [-0.05, 0) is 13.0 Å². The molecule has 2 atom stereocenters. The molecule has 0 bridgehead atoms. The van der Waals surface area contributed by atoms with E-state index in [-0.39, 0.29) is 11.5 Å². The molecule has 0 radical (unpaired) electrons. The van der Waals surface area contributed by atoms with Gasteiger partial charge in [-0.1, -0.05) is 19.9 Å². The third kappa shape index (κ3) is 3.30. The molecule has 3 nitrogen and oxygen atoms in total. The highest BCUT2D eigenvalue weighted by Gasteiger charge is 2.38. The maximum absolute atomic E-state index is 6.08. The second-order valence-electron chi connectivity index (χ2n) is 4.80. The molecule has 1 aliphatic heterocycles. The molecule has 1 saturated heterocycles. The van der Waals surface area contributed by atoms with Crippen molar-refractivity contribution in [1.82, 2.24) is 4.90 Å². The molecule has 2 unspecified atom stereocenters. The third-order valence-electron chi connectivity index (χ3n) is 3.14. The van der Waals surface area contributed by atoms with Gasteiger partial charge in [-0.15, -0.1) is 6.58 Å². The Morgan fingerprint density at radius 3 is 2.87 bits per heavy atom. The predicted molar refractivity (Wildman–Crippen MR) is 63.8 cm³/mol. The maximum atomic E-state index is 6.08. The zero-order valence-electron chi connectivity index (χ0n) is 10.0. The van der Waals surface area contributed by atoms with Gasteiger partial charge in [0.2, 0.25) is 0 Å². The summed E-state index contributed by atoms with van der Waals surface area (Å²) in [5, 5.41) is 0. The number of nitrogens with two attached hydrogens (primary N) is 1. The fourth-order valence-electron chi connectivity index (χ4n) is 2.13. The van der Waals surface area contributed by atoms with Crippen molar-refractivity contribution in [3.63, 3.8) is 0 Å². The molecule has 0 aromatic rings. The van der Waals surface area contributed by atoms with E-state index in [0.717, 1.165) is 26.2 Å². The predicted octanol–water partition coefficient (Wildman–Crippen LogP) is 1.25. The van der Waals surface area contributed by atoms with Gasteiger partial charge in [0.25, 0.3) is 0 Å². The first-order valence-electron chi connectivity index (χ1n) is 5.79. The lowest BCUT2D eigenvalue weighted by Gasteiger charge is -2.33. The Morgan fingerprint density at radius 2 is 2.40 bits per heavy atom. The SMILES string of the molecule is C=CCN(CCC)CC1(C)COCC1N. The van der Waals surface area contributed by atoms with E-state index in [9.17, 15) is 0 Å². The standard InChI is InChI=1S/C12H24N2O/c1-4-6-14(7-5-2)9-12(3)10-15-8-11(12)13/h4,11H,1,5-10,13H2,2-3H3. The Kier molecular flexibility index (Phi) is 4.77. The average molecular weight is 212 g/mol. The molecule has 2 N–H and O–H groups in total. The van der Waals surface area contributed by atoms with Gasteiger partial charge in [0.15, 0.2) is 0 Å². The van der Waals surface area contributed by atoms with E-state index < -0.39 is 0 Å². The van der Waals surface area contributed by atoms with Gasteiger partial charge < -0.3 is 10.5 Å². The minimum absolute atomic E-state index is 0.109. The molecule has 1 rings (SSSR count). The van der Waals surface area contributed by atoms with Crippen LogP contribution in [-0.2, 0) is 4.74 Å². The van der Waals surface area contributed by atoms with Crippen LogP contribution in [-0.4, -0.2) is 43.8 Å². The molecule has 3 heteroatoms. The largest absolute Gasteiger partial charge is 0.379 e. The monoisotopic (exact) mass is 212 g/mol. The number of rotatable bonds is 6. The van der Waals surface area contributed by atoms with Gasteiger partial charge in [-0.25, -0.2) is 0 Å². The van der Waals surface area contributed by atoms with E-state index in [4.69, 9.17) is 10.5 Å². The van der Waals surface area contributed by atoms with Gasteiger partial charge in [0.05, 0.1) is 13.2 Å². The highest BCUT2D eigenvalue weighted by atomic mass is 16.5. The van der Waals surface area contributed by atoms with E-state index in [0.29, 0.717) is 6.61 Å². The fourth-order valence-corrected chi connectivity index (χ4v) is 2.13. The number of nitrogens with zero attached hydrogens (tertiary/aromatic N) is 1. The summed E-state index contributed by atoms with van der Waals surface area (Å²) in [5.74, 6) is 0. The number of hydrogen-bond acceptors (Lipinski definition) is 3. The molecular weight excluding hydrogens is 188 g/mol. The third-order valence-corrected chi connectivity index (χ3v) is 3.14. The first-order chi connectivity index (χ1) is 7.12. The summed E-state index contributed by atoms with van der Waals surface area (Å²) in [6.07, 6.45) is 3.13. The van der Waals surface area contributed by atoms with Crippen molar-refractivity contribution in [3.05, 3.63) is 12.7 Å². The summed E-state index contributed by atoms with van der Waals surface area (Å²) >= 11 is 0. The minimum Gasteiger partial charge on any atom is -0.379 e. The average Bonchev–Trinajstić information content (AvgIpc) is 2.48. The van der Waals surface area contributed by atoms with Crippen molar-refractivity contribution < 1.29 is 4.74 Å². The molecular formula is C12H24N2O. The first kappa shape index (κ1) is 12.7. The lowest BCUT2D eigenvalue weighted by Crippen LogP contribution is -2.47. The maximum Gasteiger partial charge on any atom is 0.0624 e. The van der Waals surface area contributed by atoms with Crippen LogP contribution in [0.1, 0.15) is 20.3 Å². The van der Waals surface area contributed by atoms with Crippen LogP contribution < -0.4 is 5.73 Å². The molecule has 0 aromatic carbocycles. The summed E-state index contributed by atoms with van der Waals surface area (Å²) in [4.78, 5) is 2.40. The first-order valence-corrected chi connectivity index (χ1v) is 5.79. The topological polar surface area (TPSA) is 38.5 Å².